The summed E-state index contributed by atoms with van der Waals surface area (Å²) in [6, 6.07) is 14.0. The van der Waals surface area contributed by atoms with Crippen LogP contribution in [0.25, 0.3) is 11.1 Å². The van der Waals surface area contributed by atoms with Crippen LogP contribution in [-0.2, 0) is 4.79 Å². The molecule has 0 heterocycles. The van der Waals surface area contributed by atoms with Crippen LogP contribution in [0.1, 0.15) is 6.92 Å². The fourth-order valence-electron chi connectivity index (χ4n) is 1.64. The number of benzene rings is 2. The fourth-order valence-corrected chi connectivity index (χ4v) is 1.64. The van der Waals surface area contributed by atoms with Gasteiger partial charge in [0, 0.05) is 11.1 Å². The van der Waals surface area contributed by atoms with E-state index in [1.807, 2.05) is 30.3 Å². The van der Waals surface area contributed by atoms with Crippen LogP contribution in [0, 0.1) is 0 Å². The molecule has 0 atom stereocenters. The molecule has 0 bridgehead atoms. The molecule has 0 aliphatic rings. The lowest BCUT2D eigenvalue weighted by Crippen LogP contribution is -2.08. The van der Waals surface area contributed by atoms with Crippen molar-refractivity contribution in [1.82, 2.24) is 0 Å². The lowest BCUT2D eigenvalue weighted by Gasteiger charge is -2.10. The van der Waals surface area contributed by atoms with E-state index in [4.69, 9.17) is 4.74 Å². The van der Waals surface area contributed by atoms with Crippen LogP contribution in [0.2, 0.25) is 0 Å². The fraction of sp³-hybridized carbons (Fsp3) is 0.0625. The highest BCUT2D eigenvalue weighted by atomic mass is 16.5. The predicted octanol–water partition coefficient (Wildman–Crippen LogP) is 3.54. The molecule has 0 aromatic heterocycles. The van der Waals surface area contributed by atoms with E-state index in [9.17, 15) is 9.90 Å². The van der Waals surface area contributed by atoms with Gasteiger partial charge in [-0.2, -0.15) is 0 Å². The molecule has 1 N–H and O–H groups in total. The Kier molecular flexibility index (Phi) is 3.66. The zero-order chi connectivity index (χ0) is 13.8. The van der Waals surface area contributed by atoms with Crippen molar-refractivity contribution >= 4 is 5.97 Å². The molecule has 0 saturated carbocycles. The Morgan fingerprint density at radius 3 is 2.47 bits per heavy atom. The molecule has 0 aliphatic carbocycles. The minimum Gasteiger partial charge on any atom is -0.508 e. The maximum absolute atomic E-state index is 11.6. The summed E-state index contributed by atoms with van der Waals surface area (Å²) in [6.07, 6.45) is 0. The second-order valence-electron chi connectivity index (χ2n) is 4.22. The van der Waals surface area contributed by atoms with Crippen LogP contribution in [0.5, 0.6) is 11.5 Å². The van der Waals surface area contributed by atoms with Crippen molar-refractivity contribution in [2.45, 2.75) is 6.92 Å². The first-order valence-corrected chi connectivity index (χ1v) is 5.84. The Bertz CT molecular complexity index is 615. The van der Waals surface area contributed by atoms with Gasteiger partial charge in [-0.05, 0) is 30.7 Å². The Morgan fingerprint density at radius 1 is 1.16 bits per heavy atom. The summed E-state index contributed by atoms with van der Waals surface area (Å²) in [6.45, 7) is 5.14. The largest absolute Gasteiger partial charge is 0.508 e. The highest BCUT2D eigenvalue weighted by Crippen LogP contribution is 2.33. The normalized spacial score (nSPS) is 9.95. The topological polar surface area (TPSA) is 46.5 Å². The maximum Gasteiger partial charge on any atom is 0.338 e. The zero-order valence-electron chi connectivity index (χ0n) is 10.6. The standard InChI is InChI=1S/C16H14O3/c1-11(2)16(18)19-15-9-8-13(17)10-14(15)12-6-4-3-5-7-12/h3-10,17H,1H2,2H3. The molecule has 2 rings (SSSR count). The smallest absolute Gasteiger partial charge is 0.338 e. The molecule has 0 spiro atoms. The van der Waals surface area contributed by atoms with Crippen molar-refractivity contribution in [1.29, 1.82) is 0 Å². The van der Waals surface area contributed by atoms with E-state index >= 15 is 0 Å². The van der Waals surface area contributed by atoms with E-state index in [2.05, 4.69) is 6.58 Å². The summed E-state index contributed by atoms with van der Waals surface area (Å²) >= 11 is 0. The van der Waals surface area contributed by atoms with Gasteiger partial charge in [0.2, 0.25) is 0 Å². The Labute approximate surface area is 111 Å². The van der Waals surface area contributed by atoms with Gasteiger partial charge in [0.1, 0.15) is 11.5 Å². The van der Waals surface area contributed by atoms with E-state index in [1.165, 1.54) is 6.07 Å². The van der Waals surface area contributed by atoms with Crippen molar-refractivity contribution < 1.29 is 14.6 Å². The Morgan fingerprint density at radius 2 is 1.84 bits per heavy atom. The number of esters is 1. The van der Waals surface area contributed by atoms with Gasteiger partial charge in [0.25, 0.3) is 0 Å². The van der Waals surface area contributed by atoms with Crippen molar-refractivity contribution in [3.8, 4) is 22.6 Å². The number of rotatable bonds is 3. The number of phenols is 1. The van der Waals surface area contributed by atoms with Gasteiger partial charge >= 0.3 is 5.97 Å². The number of phenolic OH excluding ortho intramolecular Hbond substituents is 1. The maximum atomic E-state index is 11.6. The molecular weight excluding hydrogens is 240 g/mol. The summed E-state index contributed by atoms with van der Waals surface area (Å²) in [5.74, 6) is 0.0360. The van der Waals surface area contributed by atoms with Crippen LogP contribution in [0.3, 0.4) is 0 Å². The molecule has 96 valence electrons. The highest BCUT2D eigenvalue weighted by Gasteiger charge is 2.12. The van der Waals surface area contributed by atoms with Gasteiger partial charge in [-0.15, -0.1) is 0 Å². The third kappa shape index (κ3) is 3.01. The van der Waals surface area contributed by atoms with Gasteiger partial charge in [0.15, 0.2) is 0 Å². The van der Waals surface area contributed by atoms with Crippen molar-refractivity contribution in [2.75, 3.05) is 0 Å². The molecule has 2 aromatic rings. The van der Waals surface area contributed by atoms with Crippen LogP contribution in [0.4, 0.5) is 0 Å². The lowest BCUT2D eigenvalue weighted by molar-refractivity contribution is -0.130. The molecule has 2 aromatic carbocycles. The summed E-state index contributed by atoms with van der Waals surface area (Å²) in [5.41, 5.74) is 1.85. The summed E-state index contributed by atoms with van der Waals surface area (Å²) in [7, 11) is 0. The minimum atomic E-state index is -0.483. The van der Waals surface area contributed by atoms with E-state index in [0.717, 1.165) is 5.56 Å². The molecular formula is C16H14O3. The first kappa shape index (κ1) is 12.9. The summed E-state index contributed by atoms with van der Waals surface area (Å²) in [4.78, 5) is 11.6. The Balaban J connectivity index is 2.45. The summed E-state index contributed by atoms with van der Waals surface area (Å²) < 4.78 is 5.27. The number of ether oxygens (including phenoxy) is 1. The number of hydrogen-bond donors (Lipinski definition) is 1. The number of carbonyl (C=O) groups excluding carboxylic acids is 1. The van der Waals surface area contributed by atoms with Crippen LogP contribution in [0.15, 0.2) is 60.7 Å². The summed E-state index contributed by atoms with van der Waals surface area (Å²) in [5, 5.41) is 9.58. The highest BCUT2D eigenvalue weighted by molar-refractivity contribution is 5.90. The van der Waals surface area contributed by atoms with Gasteiger partial charge in [-0.25, -0.2) is 4.79 Å². The lowest BCUT2D eigenvalue weighted by atomic mass is 10.0. The van der Waals surface area contributed by atoms with Crippen LogP contribution < -0.4 is 4.74 Å². The molecule has 0 radical (unpaired) electrons. The molecule has 0 saturated heterocycles. The average molecular weight is 254 g/mol. The molecule has 0 unspecified atom stereocenters. The third-order valence-corrected chi connectivity index (χ3v) is 2.60. The zero-order valence-corrected chi connectivity index (χ0v) is 10.6. The SMILES string of the molecule is C=C(C)C(=O)Oc1ccc(O)cc1-c1ccccc1. The first-order chi connectivity index (χ1) is 9.08. The third-order valence-electron chi connectivity index (χ3n) is 2.60. The molecule has 19 heavy (non-hydrogen) atoms. The molecule has 0 fully saturated rings. The molecule has 0 amide bonds. The second-order valence-corrected chi connectivity index (χ2v) is 4.22. The van der Waals surface area contributed by atoms with Crippen LogP contribution in [-0.4, -0.2) is 11.1 Å². The van der Waals surface area contributed by atoms with Gasteiger partial charge < -0.3 is 9.84 Å². The number of carbonyl (C=O) groups is 1. The van der Waals surface area contributed by atoms with E-state index in [-0.39, 0.29) is 5.75 Å². The van der Waals surface area contributed by atoms with E-state index in [1.54, 1.807) is 19.1 Å². The first-order valence-electron chi connectivity index (χ1n) is 5.84. The van der Waals surface area contributed by atoms with Crippen molar-refractivity contribution in [3.63, 3.8) is 0 Å². The number of hydrogen-bond acceptors (Lipinski definition) is 3. The quantitative estimate of drug-likeness (QED) is 0.517. The minimum absolute atomic E-state index is 0.119. The van der Waals surface area contributed by atoms with E-state index in [0.29, 0.717) is 16.9 Å². The molecule has 0 aliphatic heterocycles. The van der Waals surface area contributed by atoms with Gasteiger partial charge in [0.05, 0.1) is 0 Å². The van der Waals surface area contributed by atoms with Gasteiger partial charge in [-0.3, -0.25) is 0 Å². The number of aromatic hydroxyl groups is 1. The predicted molar refractivity (Wildman–Crippen MR) is 74.0 cm³/mol. The molecule has 3 heteroatoms. The monoisotopic (exact) mass is 254 g/mol. The van der Waals surface area contributed by atoms with Crippen molar-refractivity contribution in [3.05, 3.63) is 60.7 Å². The van der Waals surface area contributed by atoms with E-state index < -0.39 is 5.97 Å². The van der Waals surface area contributed by atoms with Crippen LogP contribution >= 0.6 is 0 Å². The second kappa shape index (κ2) is 5.40. The Hall–Kier alpha value is -2.55. The van der Waals surface area contributed by atoms with Crippen molar-refractivity contribution in [2.24, 2.45) is 0 Å². The molecule has 3 nitrogen and oxygen atoms in total. The average Bonchev–Trinajstić information content (AvgIpc) is 2.41. The van der Waals surface area contributed by atoms with Gasteiger partial charge in [-0.1, -0.05) is 36.9 Å².